The van der Waals surface area contributed by atoms with Crippen molar-refractivity contribution in [1.29, 1.82) is 0 Å². The molecule has 372 valence electrons. The van der Waals surface area contributed by atoms with E-state index in [0.29, 0.717) is 66.3 Å². The van der Waals surface area contributed by atoms with Crippen molar-refractivity contribution in [2.75, 3.05) is 46.2 Å². The molecule has 4 N–H and O–H groups in total. The van der Waals surface area contributed by atoms with Crippen LogP contribution in [-0.4, -0.2) is 72.3 Å². The van der Waals surface area contributed by atoms with E-state index in [2.05, 4.69) is 41.7 Å². The molecule has 0 bridgehead atoms. The van der Waals surface area contributed by atoms with Crippen molar-refractivity contribution in [3.8, 4) is 11.5 Å². The van der Waals surface area contributed by atoms with Gasteiger partial charge in [0.2, 0.25) is 12.1 Å². The largest absolute Gasteiger partial charge is 0.492 e. The van der Waals surface area contributed by atoms with Gasteiger partial charge in [-0.1, -0.05) is 47.5 Å². The third-order valence-corrected chi connectivity index (χ3v) is 11.5. The lowest BCUT2D eigenvalue weighted by Gasteiger charge is -2.17. The molecule has 0 aliphatic heterocycles. The van der Waals surface area contributed by atoms with Crippen LogP contribution in [-0.2, 0) is 32.0 Å². The minimum atomic E-state index is -1.66. The van der Waals surface area contributed by atoms with Gasteiger partial charge in [0.15, 0.2) is 11.6 Å². The number of carbonyl (C=O) groups is 6. The van der Waals surface area contributed by atoms with Crippen LogP contribution in [0.5, 0.6) is 11.5 Å². The topological polar surface area (TPSA) is 218 Å². The van der Waals surface area contributed by atoms with Gasteiger partial charge in [-0.15, -0.1) is 34.8 Å². The Morgan fingerprint density at radius 2 is 1.04 bits per heavy atom. The quantitative estimate of drug-likeness (QED) is 0.0279. The Balaban J connectivity index is 1.30. The molecule has 5 rings (SSSR count). The first-order valence-electron chi connectivity index (χ1n) is 22.0. The number of hydrogen-bond donors (Lipinski definition) is 4. The van der Waals surface area contributed by atoms with Crippen molar-refractivity contribution >= 4 is 127 Å². The number of hydrogen-bond acceptors (Lipinski definition) is 12. The number of nitrogens with one attached hydrogen (secondary N) is 4. The standard InChI is InChI=1S/C50H49Cl5N8O8/c1-6-70-41-12-8-10-30(20-22-51)45(41)58-47(66)32-14-17-36(54)39(24-32)60-62-43(28(4)64)49(68)56-34-16-19-38(35(26-34)27(3)53)57-50(69)44(29(5)65)63-61-40-25-33(15-18-37(40)55)48(67)59-46-31(21-23-52)11-9-13-42(46)71-7-2/h8-19,24-27,43-44H,6-7,20-23H2,1-5H3,(H,56,68)(H,57,69)(H,58,66)(H,59,67). The highest BCUT2D eigenvalue weighted by atomic mass is 35.5. The zero-order valence-corrected chi connectivity index (χ0v) is 42.9. The van der Waals surface area contributed by atoms with E-state index < -0.39 is 52.7 Å². The van der Waals surface area contributed by atoms with Crippen LogP contribution in [0.15, 0.2) is 111 Å². The van der Waals surface area contributed by atoms with E-state index in [1.807, 2.05) is 26.0 Å². The van der Waals surface area contributed by atoms with Crippen LogP contribution in [0.25, 0.3) is 0 Å². The first kappa shape index (κ1) is 55.5. The van der Waals surface area contributed by atoms with Crippen molar-refractivity contribution in [1.82, 2.24) is 0 Å². The summed E-state index contributed by atoms with van der Waals surface area (Å²) >= 11 is 31.4. The number of aryl methyl sites for hydroxylation is 2. The molecule has 4 amide bonds. The molecule has 0 aliphatic carbocycles. The zero-order chi connectivity index (χ0) is 51.8. The predicted molar refractivity (Wildman–Crippen MR) is 279 cm³/mol. The van der Waals surface area contributed by atoms with Crippen LogP contribution in [0.4, 0.5) is 34.1 Å². The van der Waals surface area contributed by atoms with Gasteiger partial charge in [-0.05, 0) is 131 Å². The third-order valence-electron chi connectivity index (χ3n) is 10.3. The summed E-state index contributed by atoms with van der Waals surface area (Å²) in [6.45, 7) is 8.29. The second kappa shape index (κ2) is 26.7. The van der Waals surface area contributed by atoms with E-state index in [0.717, 1.165) is 25.0 Å². The molecule has 0 spiro atoms. The highest BCUT2D eigenvalue weighted by molar-refractivity contribution is 6.33. The molecule has 0 heterocycles. The number of rotatable bonds is 23. The number of halogens is 5. The van der Waals surface area contributed by atoms with Gasteiger partial charge in [-0.3, -0.25) is 28.8 Å². The van der Waals surface area contributed by atoms with E-state index in [-0.39, 0.29) is 43.9 Å². The first-order valence-corrected chi connectivity index (χ1v) is 24.3. The number of benzene rings is 5. The Bertz CT molecular complexity index is 2810. The molecule has 3 atom stereocenters. The second-order valence-electron chi connectivity index (χ2n) is 15.4. The molecule has 0 saturated carbocycles. The first-order chi connectivity index (χ1) is 34.0. The monoisotopic (exact) mass is 1060 g/mol. The van der Waals surface area contributed by atoms with Crippen LogP contribution in [0, 0.1) is 0 Å². The molecule has 71 heavy (non-hydrogen) atoms. The molecule has 5 aromatic rings. The molecular weight excluding hydrogens is 1020 g/mol. The predicted octanol–water partition coefficient (Wildman–Crippen LogP) is 12.5. The van der Waals surface area contributed by atoms with Crippen LogP contribution >= 0.6 is 58.0 Å². The van der Waals surface area contributed by atoms with Gasteiger partial charge in [0.05, 0.1) is 40.0 Å². The summed E-state index contributed by atoms with van der Waals surface area (Å²) in [6.07, 6.45) is 0.940. The summed E-state index contributed by atoms with van der Waals surface area (Å²) in [5, 5.41) is 26.6. The third kappa shape index (κ3) is 15.0. The average molecular weight is 1070 g/mol. The summed E-state index contributed by atoms with van der Waals surface area (Å²) < 4.78 is 11.5. The van der Waals surface area contributed by atoms with Crippen molar-refractivity contribution < 1.29 is 38.2 Å². The maximum Gasteiger partial charge on any atom is 0.258 e. The van der Waals surface area contributed by atoms with E-state index in [1.165, 1.54) is 54.6 Å². The number of ketones is 2. The van der Waals surface area contributed by atoms with E-state index in [9.17, 15) is 28.8 Å². The van der Waals surface area contributed by atoms with Crippen molar-refractivity contribution in [2.24, 2.45) is 20.5 Å². The Kier molecular flexibility index (Phi) is 20.9. The number of Topliss-reactive ketones (excluding diaryl/α,β-unsaturated/α-hetero) is 2. The summed E-state index contributed by atoms with van der Waals surface area (Å²) in [6, 6.07) is 20.3. The Hall–Kier alpha value is -6.43. The number of ether oxygens (including phenoxy) is 2. The zero-order valence-electron chi connectivity index (χ0n) is 39.1. The maximum atomic E-state index is 13.6. The van der Waals surface area contributed by atoms with Gasteiger partial charge in [0.1, 0.15) is 22.9 Å². The molecule has 0 radical (unpaired) electrons. The number of azo groups is 2. The number of nitrogens with zero attached hydrogens (tertiary/aromatic N) is 4. The molecule has 0 fully saturated rings. The van der Waals surface area contributed by atoms with Gasteiger partial charge in [-0.25, -0.2) is 0 Å². The van der Waals surface area contributed by atoms with Crippen LogP contribution < -0.4 is 30.7 Å². The maximum absolute atomic E-state index is 13.6. The normalized spacial score (nSPS) is 12.5. The number of anilines is 4. The van der Waals surface area contributed by atoms with Gasteiger partial charge >= 0.3 is 0 Å². The van der Waals surface area contributed by atoms with Crippen molar-refractivity contribution in [3.63, 3.8) is 0 Å². The molecule has 16 nitrogen and oxygen atoms in total. The fraction of sp³-hybridized carbons (Fsp3) is 0.280. The summed E-state index contributed by atoms with van der Waals surface area (Å²) in [5.74, 6) is -2.53. The van der Waals surface area contributed by atoms with Crippen molar-refractivity contribution in [3.05, 3.63) is 129 Å². The number of alkyl halides is 3. The number of amides is 4. The minimum Gasteiger partial charge on any atom is -0.492 e. The number of carbonyl (C=O) groups excluding carboxylic acids is 6. The lowest BCUT2D eigenvalue weighted by atomic mass is 10.1. The molecule has 21 heteroatoms. The van der Waals surface area contributed by atoms with Gasteiger partial charge in [0.25, 0.3) is 23.6 Å². The van der Waals surface area contributed by atoms with E-state index >= 15 is 0 Å². The molecule has 3 unspecified atom stereocenters. The summed E-state index contributed by atoms with van der Waals surface area (Å²) in [4.78, 5) is 79.7. The number of para-hydroxylation sites is 2. The summed E-state index contributed by atoms with van der Waals surface area (Å²) in [7, 11) is 0. The SMILES string of the molecule is CCOc1cccc(CCCl)c1NC(=O)c1ccc(Cl)c(N=NC(C(C)=O)C(=O)Nc2ccc(NC(=O)C(N=Nc3cc(C(=O)Nc4c(CCCl)cccc4OCC)ccc3Cl)C(C)=O)c(C(C)Cl)c2)c1. The van der Waals surface area contributed by atoms with Crippen molar-refractivity contribution in [2.45, 2.75) is 64.9 Å². The molecule has 5 aromatic carbocycles. The van der Waals surface area contributed by atoms with Gasteiger partial charge in [-0.2, -0.15) is 20.5 Å². The molecule has 0 saturated heterocycles. The smallest absolute Gasteiger partial charge is 0.258 e. The second-order valence-corrected chi connectivity index (χ2v) is 17.6. The van der Waals surface area contributed by atoms with Crippen LogP contribution in [0.3, 0.4) is 0 Å². The highest BCUT2D eigenvalue weighted by Crippen LogP contribution is 2.35. The van der Waals surface area contributed by atoms with E-state index in [1.54, 1.807) is 31.2 Å². The highest BCUT2D eigenvalue weighted by Gasteiger charge is 2.27. The van der Waals surface area contributed by atoms with Crippen LogP contribution in [0.1, 0.15) is 77.4 Å². The molecule has 0 aromatic heterocycles. The Morgan fingerprint density at radius 3 is 1.45 bits per heavy atom. The van der Waals surface area contributed by atoms with E-state index in [4.69, 9.17) is 67.5 Å². The van der Waals surface area contributed by atoms with Crippen LogP contribution in [0.2, 0.25) is 10.0 Å². The fourth-order valence-electron chi connectivity index (χ4n) is 6.81. The fourth-order valence-corrected chi connectivity index (χ4v) is 7.71. The summed E-state index contributed by atoms with van der Waals surface area (Å²) in [5.41, 5.74) is 3.44. The van der Waals surface area contributed by atoms with Gasteiger partial charge in [0, 0.05) is 34.3 Å². The lowest BCUT2D eigenvalue weighted by molar-refractivity contribution is -0.127. The lowest BCUT2D eigenvalue weighted by Crippen LogP contribution is -2.32. The van der Waals surface area contributed by atoms with Gasteiger partial charge < -0.3 is 30.7 Å². The average Bonchev–Trinajstić information content (AvgIpc) is 3.32. The molecule has 0 aliphatic rings. The Morgan fingerprint density at radius 1 is 0.592 bits per heavy atom. The Labute approximate surface area is 435 Å². The molecular formula is C50H49Cl5N8O8. The minimum absolute atomic E-state index is 0.00719.